The van der Waals surface area contributed by atoms with Crippen molar-refractivity contribution in [3.8, 4) is 0 Å². The number of aliphatic hydroxyl groups excluding tert-OH is 1. The Morgan fingerprint density at radius 2 is 1.04 bits per heavy atom. The van der Waals surface area contributed by atoms with E-state index in [0.717, 1.165) is 45.3 Å². The van der Waals surface area contributed by atoms with Crippen LogP contribution in [0.25, 0.3) is 33.5 Å². The van der Waals surface area contributed by atoms with Crippen LogP contribution in [-0.4, -0.2) is 158 Å². The van der Waals surface area contributed by atoms with E-state index in [-0.39, 0.29) is 51.1 Å². The van der Waals surface area contributed by atoms with Crippen molar-refractivity contribution in [1.29, 1.82) is 0 Å². The highest BCUT2D eigenvalue weighted by atomic mass is 31.2. The van der Waals surface area contributed by atoms with E-state index in [4.69, 9.17) is 49.5 Å². The topological polar surface area (TPSA) is 455 Å². The second-order valence-corrected chi connectivity index (χ2v) is 19.0. The summed E-state index contributed by atoms with van der Waals surface area (Å²) in [6.45, 7) is -3.47. The van der Waals surface area contributed by atoms with Crippen LogP contribution in [0.5, 0.6) is 0 Å². The van der Waals surface area contributed by atoms with E-state index in [1.165, 1.54) is 0 Å². The first kappa shape index (κ1) is 47.9. The number of nitrogens with two attached hydrogens (primary N) is 3. The summed E-state index contributed by atoms with van der Waals surface area (Å²) < 4.78 is 132. The normalized spacial score (nSPS) is 30.7. The van der Waals surface area contributed by atoms with E-state index in [2.05, 4.69) is 49.4 Å². The molecule has 12 N–H and O–H groups in total. The van der Waals surface area contributed by atoms with Gasteiger partial charge in [-0.2, -0.15) is 4.98 Å². The number of aromatic nitrogens is 12. The molecular formula is C30H35F3N15O17P3. The number of nitrogens with one attached hydrogen (secondary N) is 1. The third kappa shape index (κ3) is 9.20. The van der Waals surface area contributed by atoms with Crippen LogP contribution in [0.3, 0.4) is 0 Å². The van der Waals surface area contributed by atoms with Crippen molar-refractivity contribution in [1.82, 2.24) is 58.6 Å². The number of fused-ring (bicyclic) bond motifs is 3. The summed E-state index contributed by atoms with van der Waals surface area (Å²) in [6, 6.07) is 0. The van der Waals surface area contributed by atoms with Gasteiger partial charge in [0.1, 0.15) is 60.3 Å². The molecule has 6 aromatic rings. The Labute approximate surface area is 373 Å². The van der Waals surface area contributed by atoms with Crippen molar-refractivity contribution >= 4 is 74.5 Å². The smallest absolute Gasteiger partial charge is 0.387 e. The number of H-pyrrole nitrogens is 1. The molecule has 3 aliphatic rings. The minimum atomic E-state index is -5.64. The summed E-state index contributed by atoms with van der Waals surface area (Å²) in [5.74, 6) is -0.611. The Morgan fingerprint density at radius 1 is 0.618 bits per heavy atom. The summed E-state index contributed by atoms with van der Waals surface area (Å²) >= 11 is 0. The van der Waals surface area contributed by atoms with Gasteiger partial charge in [0, 0.05) is 0 Å². The highest BCUT2D eigenvalue weighted by molar-refractivity contribution is 7.47. The predicted molar refractivity (Wildman–Crippen MR) is 214 cm³/mol. The fourth-order valence-electron chi connectivity index (χ4n) is 7.54. The summed E-state index contributed by atoms with van der Waals surface area (Å²) in [6.07, 6.45) is -19.7. The minimum Gasteiger partial charge on any atom is -0.387 e. The van der Waals surface area contributed by atoms with Crippen LogP contribution in [0.15, 0.2) is 36.4 Å². The summed E-state index contributed by atoms with van der Waals surface area (Å²) in [4.78, 5) is 86.3. The van der Waals surface area contributed by atoms with Gasteiger partial charge < -0.3 is 56.1 Å². The first-order valence-electron chi connectivity index (χ1n) is 19.3. The number of aliphatic hydroxyl groups is 1. The molecule has 0 aliphatic carbocycles. The Kier molecular flexibility index (Phi) is 12.6. The van der Waals surface area contributed by atoms with Crippen molar-refractivity contribution in [2.45, 2.75) is 73.8 Å². The lowest BCUT2D eigenvalue weighted by molar-refractivity contribution is -0.0603. The first-order chi connectivity index (χ1) is 32.1. The van der Waals surface area contributed by atoms with Gasteiger partial charge >= 0.3 is 23.5 Å². The van der Waals surface area contributed by atoms with Crippen molar-refractivity contribution in [2.24, 2.45) is 0 Å². The highest BCUT2D eigenvalue weighted by Crippen LogP contribution is 2.53. The zero-order valence-corrected chi connectivity index (χ0v) is 36.4. The van der Waals surface area contributed by atoms with Crippen LogP contribution in [0.4, 0.5) is 30.8 Å². The lowest BCUT2D eigenvalue weighted by Gasteiger charge is -2.25. The number of rotatable bonds is 16. The standard InChI is InChI=1S/C30H35F3N15O17P3/c31-12-18(49)9(61-27(12)48-8-43-17-25(48)44-30(36)45-26(17)50)1-59-67(54,55)65-20-11(63-29(14(20)33)47-7-42-16-22(35)38-5-40-24(16)47)3-60-68(56,57)64-19-10(2-58-66(51,52)53)62-28(13(19)32)46-6-41-15-21(34)37-4-39-23(15)46/h4-14,18-20,27-29,49H,1-3H2,(H,54,55)(H,56,57)(H2,34,37,39)(H2,35,38,40)(H2,51,52,53)(H3,36,44,45,50)/t9-,10-,11-,12?,13?,14?,18+,19+,20+,27-,28-,29-/m1/s1. The molecule has 9 heterocycles. The van der Waals surface area contributed by atoms with E-state index < -0.39 is 123 Å². The van der Waals surface area contributed by atoms with Crippen LogP contribution in [0.2, 0.25) is 0 Å². The van der Waals surface area contributed by atoms with Gasteiger partial charge in [0.25, 0.3) is 5.56 Å². The molecule has 38 heteroatoms. The van der Waals surface area contributed by atoms with Gasteiger partial charge in [0.05, 0.1) is 38.8 Å². The fourth-order valence-corrected chi connectivity index (χ4v) is 9.79. The molecule has 3 fully saturated rings. The largest absolute Gasteiger partial charge is 0.472 e. The van der Waals surface area contributed by atoms with Crippen LogP contribution >= 0.6 is 23.5 Å². The zero-order chi connectivity index (χ0) is 48.6. The molecule has 0 saturated carbocycles. The number of phosphoric acid groups is 3. The van der Waals surface area contributed by atoms with Gasteiger partial charge in [0.2, 0.25) is 5.95 Å². The molecule has 3 aliphatic heterocycles. The van der Waals surface area contributed by atoms with Crippen molar-refractivity contribution in [2.75, 3.05) is 37.0 Å². The second-order valence-electron chi connectivity index (χ2n) is 14.9. The van der Waals surface area contributed by atoms with E-state index in [1.807, 2.05) is 0 Å². The maximum absolute atomic E-state index is 16.6. The molecule has 0 aromatic carbocycles. The van der Waals surface area contributed by atoms with Gasteiger partial charge in [-0.25, -0.2) is 61.8 Å². The number of anilines is 3. The number of nitrogens with zero attached hydrogens (tertiary/aromatic N) is 11. The lowest BCUT2D eigenvalue weighted by atomic mass is 10.1. The van der Waals surface area contributed by atoms with E-state index in [1.54, 1.807) is 0 Å². The van der Waals surface area contributed by atoms with Crippen LogP contribution in [-0.2, 0) is 50.5 Å². The monoisotopic (exact) mass is 1030 g/mol. The maximum atomic E-state index is 16.6. The predicted octanol–water partition coefficient (Wildman–Crippen LogP) is -1.27. The zero-order valence-electron chi connectivity index (χ0n) is 33.7. The average molecular weight is 1030 g/mol. The molecule has 0 amide bonds. The maximum Gasteiger partial charge on any atom is 0.472 e. The molecule has 9 rings (SSSR count). The Morgan fingerprint density at radius 3 is 1.54 bits per heavy atom. The molecule has 68 heavy (non-hydrogen) atoms. The number of phosphoric ester groups is 3. The van der Waals surface area contributed by atoms with Crippen molar-refractivity contribution in [3.05, 3.63) is 42.0 Å². The number of hydrogen-bond donors (Lipinski definition) is 9. The Bertz CT molecular complexity index is 3070. The van der Waals surface area contributed by atoms with E-state index >= 15 is 13.2 Å². The molecule has 3 saturated heterocycles. The third-order valence-electron chi connectivity index (χ3n) is 10.6. The van der Waals surface area contributed by atoms with Crippen LogP contribution < -0.4 is 22.8 Å². The molecule has 0 bridgehead atoms. The minimum absolute atomic E-state index is 0.00292. The van der Waals surface area contributed by atoms with E-state index in [0.29, 0.717) is 0 Å². The molecule has 5 unspecified atom stereocenters. The summed E-state index contributed by atoms with van der Waals surface area (Å²) in [5, 5.41) is 10.7. The SMILES string of the molecule is Nc1nc2c(ncn2[C@@H]2O[C@H](COP(=O)(O)O[C@@H]3C(F)[C@H](n4cnc5c(N)ncnc54)O[C@@H]3COP(=O)(O)O[C@@H]3C(F)[C@H](n4cnc5c(N)ncnc54)O[C@@H]3COP(=O)(O)O)[C@H](O)C2F)c(=O)[nH]1. The fraction of sp³-hybridized carbons (Fsp3) is 0.500. The lowest BCUT2D eigenvalue weighted by Crippen LogP contribution is -2.36. The molecule has 0 radical (unpaired) electrons. The number of ether oxygens (including phenoxy) is 3. The average Bonchev–Trinajstić information content (AvgIpc) is 4.13. The molecular weight excluding hydrogens is 992 g/mol. The highest BCUT2D eigenvalue weighted by Gasteiger charge is 2.54. The van der Waals surface area contributed by atoms with Gasteiger partial charge in [-0.1, -0.05) is 0 Å². The quantitative estimate of drug-likeness (QED) is 0.0510. The number of hydrogen-bond acceptors (Lipinski definition) is 24. The first-order valence-corrected chi connectivity index (χ1v) is 23.8. The van der Waals surface area contributed by atoms with E-state index in [9.17, 15) is 43.2 Å². The van der Waals surface area contributed by atoms with Gasteiger partial charge in [-0.05, 0) is 0 Å². The molecule has 6 aromatic heterocycles. The van der Waals surface area contributed by atoms with Crippen molar-refractivity contribution in [3.63, 3.8) is 0 Å². The molecule has 32 nitrogen and oxygen atoms in total. The third-order valence-corrected chi connectivity index (χ3v) is 13.1. The van der Waals surface area contributed by atoms with Gasteiger partial charge in [0.15, 0.2) is 71.3 Å². The number of imidazole rings is 3. The van der Waals surface area contributed by atoms with Gasteiger partial charge in [-0.15, -0.1) is 0 Å². The van der Waals surface area contributed by atoms with Crippen LogP contribution in [0.1, 0.15) is 18.7 Å². The Hall–Kier alpha value is -5.19. The molecule has 0 spiro atoms. The van der Waals surface area contributed by atoms with Crippen molar-refractivity contribution < 1.29 is 88.4 Å². The second kappa shape index (κ2) is 18.0. The van der Waals surface area contributed by atoms with Crippen LogP contribution in [0, 0.1) is 0 Å². The molecule has 14 atom stereocenters. The summed E-state index contributed by atoms with van der Waals surface area (Å²) in [5.41, 5.74) is 15.8. The summed E-state index contributed by atoms with van der Waals surface area (Å²) in [7, 11) is -16.5. The number of aromatic amines is 1. The van der Waals surface area contributed by atoms with Gasteiger partial charge in [-0.3, -0.25) is 46.1 Å². The number of alkyl halides is 3. The Balaban J connectivity index is 0.927. The molecule has 368 valence electrons. The number of nitrogen functional groups attached to an aromatic ring is 3. The number of halogens is 3.